The third kappa shape index (κ3) is 3.69. The minimum atomic E-state index is 0.346. The highest BCUT2D eigenvalue weighted by atomic mass is 35.5. The first-order chi connectivity index (χ1) is 10.0. The summed E-state index contributed by atoms with van der Waals surface area (Å²) in [6, 6.07) is 9.85. The number of hydrogen-bond donors (Lipinski definition) is 1. The molecule has 0 spiro atoms. The number of aryl methyl sites for hydroxylation is 2. The predicted octanol–water partition coefficient (Wildman–Crippen LogP) is 4.00. The van der Waals surface area contributed by atoms with Crippen LogP contribution in [0.3, 0.4) is 0 Å². The van der Waals surface area contributed by atoms with E-state index >= 15 is 0 Å². The molecule has 0 aliphatic carbocycles. The number of nitrogens with two attached hydrogens (primary N) is 1. The molecule has 0 atom stereocenters. The van der Waals surface area contributed by atoms with Crippen molar-refractivity contribution in [3.8, 4) is 11.5 Å². The number of ether oxygens (including phenoxy) is 2. The SMILES string of the molecule is COc1cc(Cl)cc(CN)c1OCc1cc(C)ccc1C. The van der Waals surface area contributed by atoms with Crippen LogP contribution in [0.1, 0.15) is 22.3 Å². The summed E-state index contributed by atoms with van der Waals surface area (Å²) in [6.07, 6.45) is 0. The maximum absolute atomic E-state index is 6.05. The molecular weight excluding hydrogens is 286 g/mol. The molecule has 0 heterocycles. The van der Waals surface area contributed by atoms with Crippen molar-refractivity contribution in [2.75, 3.05) is 7.11 Å². The fraction of sp³-hybridized carbons (Fsp3) is 0.294. The second-order valence-corrected chi connectivity index (χ2v) is 5.46. The lowest BCUT2D eigenvalue weighted by Crippen LogP contribution is -2.05. The molecule has 4 heteroatoms. The van der Waals surface area contributed by atoms with Gasteiger partial charge in [-0.1, -0.05) is 35.4 Å². The molecule has 2 aromatic rings. The van der Waals surface area contributed by atoms with Crippen LogP contribution in [-0.2, 0) is 13.2 Å². The maximum Gasteiger partial charge on any atom is 0.166 e. The first kappa shape index (κ1) is 15.7. The van der Waals surface area contributed by atoms with E-state index in [0.29, 0.717) is 29.7 Å². The minimum Gasteiger partial charge on any atom is -0.493 e. The Morgan fingerprint density at radius 3 is 2.52 bits per heavy atom. The zero-order chi connectivity index (χ0) is 15.4. The Morgan fingerprint density at radius 2 is 1.86 bits per heavy atom. The van der Waals surface area contributed by atoms with Crippen molar-refractivity contribution in [1.82, 2.24) is 0 Å². The Labute approximate surface area is 130 Å². The predicted molar refractivity (Wildman–Crippen MR) is 86.1 cm³/mol. The molecule has 112 valence electrons. The van der Waals surface area contributed by atoms with Crippen LogP contribution in [0.4, 0.5) is 0 Å². The molecule has 21 heavy (non-hydrogen) atoms. The molecule has 0 aliphatic rings. The van der Waals surface area contributed by atoms with Gasteiger partial charge < -0.3 is 15.2 Å². The first-order valence-corrected chi connectivity index (χ1v) is 7.18. The van der Waals surface area contributed by atoms with Gasteiger partial charge >= 0.3 is 0 Å². The normalized spacial score (nSPS) is 10.5. The van der Waals surface area contributed by atoms with Crippen molar-refractivity contribution in [2.45, 2.75) is 27.0 Å². The van der Waals surface area contributed by atoms with Gasteiger partial charge in [0, 0.05) is 23.2 Å². The van der Waals surface area contributed by atoms with Gasteiger partial charge in [-0.3, -0.25) is 0 Å². The Hall–Kier alpha value is -1.71. The molecule has 0 unspecified atom stereocenters. The average molecular weight is 306 g/mol. The van der Waals surface area contributed by atoms with E-state index in [0.717, 1.165) is 11.1 Å². The van der Waals surface area contributed by atoms with Crippen molar-refractivity contribution in [1.29, 1.82) is 0 Å². The van der Waals surface area contributed by atoms with Gasteiger partial charge in [0.05, 0.1) is 7.11 Å². The summed E-state index contributed by atoms with van der Waals surface area (Å²) in [5.41, 5.74) is 10.2. The zero-order valence-corrected chi connectivity index (χ0v) is 13.3. The number of hydrogen-bond acceptors (Lipinski definition) is 3. The highest BCUT2D eigenvalue weighted by Crippen LogP contribution is 2.35. The Morgan fingerprint density at radius 1 is 1.10 bits per heavy atom. The number of benzene rings is 2. The van der Waals surface area contributed by atoms with Crippen LogP contribution in [0.25, 0.3) is 0 Å². The molecule has 0 saturated heterocycles. The molecule has 3 nitrogen and oxygen atoms in total. The van der Waals surface area contributed by atoms with Gasteiger partial charge in [-0.15, -0.1) is 0 Å². The van der Waals surface area contributed by atoms with E-state index < -0.39 is 0 Å². The third-order valence-corrected chi connectivity index (χ3v) is 3.63. The van der Waals surface area contributed by atoms with Gasteiger partial charge in [-0.25, -0.2) is 0 Å². The molecule has 2 N–H and O–H groups in total. The number of rotatable bonds is 5. The van der Waals surface area contributed by atoms with Crippen LogP contribution in [-0.4, -0.2) is 7.11 Å². The van der Waals surface area contributed by atoms with E-state index in [4.69, 9.17) is 26.8 Å². The zero-order valence-electron chi connectivity index (χ0n) is 12.6. The van der Waals surface area contributed by atoms with Crippen LogP contribution in [0.5, 0.6) is 11.5 Å². The lowest BCUT2D eigenvalue weighted by atomic mass is 10.1. The largest absolute Gasteiger partial charge is 0.493 e. The molecule has 2 aromatic carbocycles. The lowest BCUT2D eigenvalue weighted by Gasteiger charge is -2.16. The molecule has 0 fully saturated rings. The lowest BCUT2D eigenvalue weighted by molar-refractivity contribution is 0.281. The van der Waals surface area contributed by atoms with Gasteiger partial charge in [0.1, 0.15) is 6.61 Å². The Balaban J connectivity index is 2.29. The van der Waals surface area contributed by atoms with E-state index in [-0.39, 0.29) is 0 Å². The topological polar surface area (TPSA) is 44.5 Å². The summed E-state index contributed by atoms with van der Waals surface area (Å²) in [5.74, 6) is 1.26. The second-order valence-electron chi connectivity index (χ2n) is 5.02. The average Bonchev–Trinajstić information content (AvgIpc) is 2.48. The van der Waals surface area contributed by atoms with E-state index in [1.54, 1.807) is 13.2 Å². The standard InChI is InChI=1S/C17H20ClNO2/c1-11-4-5-12(2)14(6-11)10-21-17-13(9-19)7-15(18)8-16(17)20-3/h4-8H,9-10,19H2,1-3H3. The summed E-state index contributed by atoms with van der Waals surface area (Å²) in [7, 11) is 1.59. The molecule has 0 radical (unpaired) electrons. The molecule has 2 rings (SSSR count). The van der Waals surface area contributed by atoms with Crippen molar-refractivity contribution in [3.63, 3.8) is 0 Å². The number of methoxy groups -OCH3 is 1. The highest BCUT2D eigenvalue weighted by Gasteiger charge is 2.12. The van der Waals surface area contributed by atoms with Crippen molar-refractivity contribution < 1.29 is 9.47 Å². The fourth-order valence-corrected chi connectivity index (χ4v) is 2.43. The van der Waals surface area contributed by atoms with E-state index in [1.165, 1.54) is 11.1 Å². The molecule has 0 aromatic heterocycles. The molecule has 0 amide bonds. The Bertz CT molecular complexity index is 616. The van der Waals surface area contributed by atoms with Crippen LogP contribution in [0, 0.1) is 13.8 Å². The molecule has 0 bridgehead atoms. The fourth-order valence-electron chi connectivity index (χ4n) is 2.20. The van der Waals surface area contributed by atoms with Crippen molar-refractivity contribution in [2.24, 2.45) is 5.73 Å². The van der Waals surface area contributed by atoms with Gasteiger partial charge in [0.2, 0.25) is 0 Å². The van der Waals surface area contributed by atoms with Crippen LogP contribution in [0.15, 0.2) is 30.3 Å². The van der Waals surface area contributed by atoms with Crippen LogP contribution >= 0.6 is 11.6 Å². The monoisotopic (exact) mass is 305 g/mol. The summed E-state index contributed by atoms with van der Waals surface area (Å²) >= 11 is 6.05. The summed E-state index contributed by atoms with van der Waals surface area (Å²) in [4.78, 5) is 0. The van der Waals surface area contributed by atoms with Crippen LogP contribution < -0.4 is 15.2 Å². The smallest absolute Gasteiger partial charge is 0.166 e. The van der Waals surface area contributed by atoms with Gasteiger partial charge in [0.25, 0.3) is 0 Å². The second kappa shape index (κ2) is 6.83. The van der Waals surface area contributed by atoms with Gasteiger partial charge in [-0.2, -0.15) is 0 Å². The summed E-state index contributed by atoms with van der Waals surface area (Å²) in [5, 5.41) is 0.589. The number of halogens is 1. The van der Waals surface area contributed by atoms with E-state index in [2.05, 4.69) is 32.0 Å². The van der Waals surface area contributed by atoms with Crippen molar-refractivity contribution in [3.05, 3.63) is 57.6 Å². The van der Waals surface area contributed by atoms with E-state index in [1.807, 2.05) is 6.07 Å². The molecule has 0 aliphatic heterocycles. The minimum absolute atomic E-state index is 0.346. The third-order valence-electron chi connectivity index (χ3n) is 3.41. The highest BCUT2D eigenvalue weighted by molar-refractivity contribution is 6.30. The first-order valence-electron chi connectivity index (χ1n) is 6.80. The summed E-state index contributed by atoms with van der Waals surface area (Å²) < 4.78 is 11.3. The Kier molecular flexibility index (Phi) is 5.10. The van der Waals surface area contributed by atoms with Crippen LogP contribution in [0.2, 0.25) is 5.02 Å². The molecular formula is C17H20ClNO2. The van der Waals surface area contributed by atoms with Crippen molar-refractivity contribution >= 4 is 11.6 Å². The molecule has 0 saturated carbocycles. The quantitative estimate of drug-likeness (QED) is 0.908. The summed E-state index contributed by atoms with van der Waals surface area (Å²) in [6.45, 7) is 4.95. The van der Waals surface area contributed by atoms with Gasteiger partial charge in [-0.05, 0) is 31.0 Å². The van der Waals surface area contributed by atoms with E-state index in [9.17, 15) is 0 Å². The maximum atomic E-state index is 6.05. The van der Waals surface area contributed by atoms with Gasteiger partial charge in [0.15, 0.2) is 11.5 Å².